The van der Waals surface area contributed by atoms with Gasteiger partial charge in [0.15, 0.2) is 0 Å². The Kier molecular flexibility index (Phi) is 5.19. The van der Waals surface area contributed by atoms with E-state index in [0.29, 0.717) is 13.2 Å². The SMILES string of the molecule is C[NH+](C)CCOCCOc1cccc2ccccc12. The van der Waals surface area contributed by atoms with Crippen molar-refractivity contribution in [2.45, 2.75) is 0 Å². The third-order valence-electron chi connectivity index (χ3n) is 2.98. The van der Waals surface area contributed by atoms with Crippen LogP contribution in [0.1, 0.15) is 0 Å². The molecule has 0 atom stereocenters. The van der Waals surface area contributed by atoms with Gasteiger partial charge < -0.3 is 14.4 Å². The second-order valence-electron chi connectivity index (χ2n) is 4.90. The van der Waals surface area contributed by atoms with E-state index in [0.717, 1.165) is 24.3 Å². The third kappa shape index (κ3) is 4.23. The van der Waals surface area contributed by atoms with Crippen LogP contribution in [0.3, 0.4) is 0 Å². The van der Waals surface area contributed by atoms with Crippen molar-refractivity contribution in [3.05, 3.63) is 42.5 Å². The molecule has 0 spiro atoms. The summed E-state index contributed by atoms with van der Waals surface area (Å²) in [5.41, 5.74) is 0. The van der Waals surface area contributed by atoms with Crippen LogP contribution in [0, 0.1) is 0 Å². The van der Waals surface area contributed by atoms with E-state index < -0.39 is 0 Å². The highest BCUT2D eigenvalue weighted by molar-refractivity contribution is 5.88. The Hall–Kier alpha value is -1.58. The standard InChI is InChI=1S/C16H21NO2/c1-17(2)10-11-18-12-13-19-16-9-5-7-14-6-3-4-8-15(14)16/h3-9H,10-13H2,1-2H3/p+1. The summed E-state index contributed by atoms with van der Waals surface area (Å²) in [6.07, 6.45) is 0. The fourth-order valence-electron chi connectivity index (χ4n) is 1.91. The molecule has 0 radical (unpaired) electrons. The monoisotopic (exact) mass is 260 g/mol. The zero-order valence-electron chi connectivity index (χ0n) is 11.7. The van der Waals surface area contributed by atoms with Crippen LogP contribution in [0.15, 0.2) is 42.5 Å². The van der Waals surface area contributed by atoms with Crippen molar-refractivity contribution in [2.24, 2.45) is 0 Å². The highest BCUT2D eigenvalue weighted by Crippen LogP contribution is 2.24. The second kappa shape index (κ2) is 7.12. The molecule has 1 N–H and O–H groups in total. The van der Waals surface area contributed by atoms with E-state index in [4.69, 9.17) is 9.47 Å². The molecule has 3 heteroatoms. The molecule has 0 unspecified atom stereocenters. The first-order valence-corrected chi connectivity index (χ1v) is 6.75. The smallest absolute Gasteiger partial charge is 0.127 e. The second-order valence-corrected chi connectivity index (χ2v) is 4.90. The van der Waals surface area contributed by atoms with Crippen molar-refractivity contribution >= 4 is 10.8 Å². The lowest BCUT2D eigenvalue weighted by atomic mass is 10.1. The number of benzene rings is 2. The normalized spacial score (nSPS) is 11.1. The minimum Gasteiger partial charge on any atom is -0.491 e. The van der Waals surface area contributed by atoms with Gasteiger partial charge in [0.2, 0.25) is 0 Å². The van der Waals surface area contributed by atoms with E-state index in [2.05, 4.69) is 32.3 Å². The van der Waals surface area contributed by atoms with E-state index in [-0.39, 0.29) is 0 Å². The molecule has 0 aromatic heterocycles. The van der Waals surface area contributed by atoms with Gasteiger partial charge in [-0.1, -0.05) is 36.4 Å². The summed E-state index contributed by atoms with van der Waals surface area (Å²) in [6.45, 7) is 3.03. The van der Waals surface area contributed by atoms with Crippen LogP contribution in [0.2, 0.25) is 0 Å². The van der Waals surface area contributed by atoms with E-state index in [9.17, 15) is 0 Å². The molecule has 102 valence electrons. The predicted molar refractivity (Wildman–Crippen MR) is 77.9 cm³/mol. The minimum absolute atomic E-state index is 0.594. The number of quaternary nitrogens is 1. The van der Waals surface area contributed by atoms with E-state index in [1.54, 1.807) is 0 Å². The maximum Gasteiger partial charge on any atom is 0.127 e. The van der Waals surface area contributed by atoms with Gasteiger partial charge >= 0.3 is 0 Å². The zero-order valence-corrected chi connectivity index (χ0v) is 11.7. The first kappa shape index (κ1) is 13.8. The van der Waals surface area contributed by atoms with Crippen molar-refractivity contribution < 1.29 is 14.4 Å². The van der Waals surface area contributed by atoms with E-state index >= 15 is 0 Å². The van der Waals surface area contributed by atoms with Gasteiger partial charge in [0.05, 0.1) is 27.3 Å². The maximum absolute atomic E-state index is 5.79. The molecular formula is C16H22NO2+. The highest BCUT2D eigenvalue weighted by Gasteiger charge is 2.01. The Morgan fingerprint density at radius 2 is 1.68 bits per heavy atom. The van der Waals surface area contributed by atoms with Crippen LogP contribution < -0.4 is 9.64 Å². The van der Waals surface area contributed by atoms with Crippen LogP contribution in [-0.2, 0) is 4.74 Å². The number of hydrogen-bond acceptors (Lipinski definition) is 2. The summed E-state index contributed by atoms with van der Waals surface area (Å²) < 4.78 is 11.3. The number of rotatable bonds is 7. The van der Waals surface area contributed by atoms with Crippen molar-refractivity contribution in [1.82, 2.24) is 0 Å². The lowest BCUT2D eigenvalue weighted by molar-refractivity contribution is -0.858. The average Bonchev–Trinajstić information content (AvgIpc) is 2.42. The van der Waals surface area contributed by atoms with Crippen molar-refractivity contribution in [3.8, 4) is 5.75 Å². The lowest BCUT2D eigenvalue weighted by Crippen LogP contribution is -3.06. The zero-order chi connectivity index (χ0) is 13.5. The van der Waals surface area contributed by atoms with Crippen LogP contribution >= 0.6 is 0 Å². The largest absolute Gasteiger partial charge is 0.491 e. The van der Waals surface area contributed by atoms with Crippen LogP contribution in [-0.4, -0.2) is 40.5 Å². The Balaban J connectivity index is 1.82. The lowest BCUT2D eigenvalue weighted by Gasteiger charge is -2.10. The van der Waals surface area contributed by atoms with Gasteiger partial charge in [-0.15, -0.1) is 0 Å². The van der Waals surface area contributed by atoms with Gasteiger partial charge in [-0.25, -0.2) is 0 Å². The summed E-state index contributed by atoms with van der Waals surface area (Å²) in [4.78, 5) is 1.40. The number of fused-ring (bicyclic) bond motifs is 1. The van der Waals surface area contributed by atoms with Gasteiger partial charge in [0.1, 0.15) is 18.9 Å². The van der Waals surface area contributed by atoms with Crippen LogP contribution in [0.5, 0.6) is 5.75 Å². The maximum atomic E-state index is 5.79. The van der Waals surface area contributed by atoms with E-state index in [1.165, 1.54) is 10.3 Å². The topological polar surface area (TPSA) is 22.9 Å². The Morgan fingerprint density at radius 1 is 0.895 bits per heavy atom. The van der Waals surface area contributed by atoms with E-state index in [1.807, 2.05) is 24.3 Å². The molecule has 19 heavy (non-hydrogen) atoms. The summed E-state index contributed by atoms with van der Waals surface area (Å²) in [5.74, 6) is 0.930. The van der Waals surface area contributed by atoms with Gasteiger partial charge in [-0.2, -0.15) is 0 Å². The van der Waals surface area contributed by atoms with Gasteiger partial charge in [-0.05, 0) is 11.5 Å². The molecule has 0 aliphatic heterocycles. The highest BCUT2D eigenvalue weighted by atomic mass is 16.5. The molecule has 0 bridgehead atoms. The molecule has 2 aromatic rings. The summed E-state index contributed by atoms with van der Waals surface area (Å²) in [6, 6.07) is 14.4. The van der Waals surface area contributed by atoms with Gasteiger partial charge in [-0.3, -0.25) is 0 Å². The first-order chi connectivity index (χ1) is 9.27. The quantitative estimate of drug-likeness (QED) is 0.760. The molecule has 2 aromatic carbocycles. The Morgan fingerprint density at radius 3 is 2.53 bits per heavy atom. The average molecular weight is 260 g/mol. The number of ether oxygens (including phenoxy) is 2. The Labute approximate surface area is 114 Å². The molecule has 0 aliphatic rings. The molecule has 0 fully saturated rings. The molecule has 0 heterocycles. The van der Waals surface area contributed by atoms with Crippen molar-refractivity contribution in [3.63, 3.8) is 0 Å². The number of likely N-dealkylation sites (N-methyl/N-ethyl adjacent to an activating group) is 1. The first-order valence-electron chi connectivity index (χ1n) is 6.75. The number of hydrogen-bond donors (Lipinski definition) is 1. The van der Waals surface area contributed by atoms with Crippen molar-refractivity contribution in [2.75, 3.05) is 40.5 Å². The molecule has 0 saturated heterocycles. The summed E-state index contributed by atoms with van der Waals surface area (Å²) in [5, 5.41) is 2.36. The third-order valence-corrected chi connectivity index (χ3v) is 2.98. The molecule has 3 nitrogen and oxygen atoms in total. The predicted octanol–water partition coefficient (Wildman–Crippen LogP) is 1.38. The fraction of sp³-hybridized carbons (Fsp3) is 0.375. The van der Waals surface area contributed by atoms with Gasteiger partial charge in [0.25, 0.3) is 0 Å². The minimum atomic E-state index is 0.594. The molecule has 0 amide bonds. The molecular weight excluding hydrogens is 238 g/mol. The van der Waals surface area contributed by atoms with Crippen LogP contribution in [0.25, 0.3) is 10.8 Å². The molecule has 0 saturated carbocycles. The molecule has 2 rings (SSSR count). The number of nitrogens with one attached hydrogen (secondary N) is 1. The Bertz CT molecular complexity index is 506. The molecule has 0 aliphatic carbocycles. The van der Waals surface area contributed by atoms with Crippen molar-refractivity contribution in [1.29, 1.82) is 0 Å². The fourth-order valence-corrected chi connectivity index (χ4v) is 1.91. The summed E-state index contributed by atoms with van der Waals surface area (Å²) in [7, 11) is 4.24. The van der Waals surface area contributed by atoms with Crippen LogP contribution in [0.4, 0.5) is 0 Å². The summed E-state index contributed by atoms with van der Waals surface area (Å²) >= 11 is 0. The van der Waals surface area contributed by atoms with Gasteiger partial charge in [0, 0.05) is 5.39 Å².